The van der Waals surface area contributed by atoms with E-state index in [2.05, 4.69) is 10.5 Å². The first-order valence-electron chi connectivity index (χ1n) is 10.3. The Bertz CT molecular complexity index is 1270. The summed E-state index contributed by atoms with van der Waals surface area (Å²) in [6, 6.07) is 19.1. The molecule has 1 amide bonds. The Morgan fingerprint density at radius 2 is 1.70 bits per heavy atom. The number of benzene rings is 3. The monoisotopic (exact) mass is 465 g/mol. The predicted octanol–water partition coefficient (Wildman–Crippen LogP) is 3.97. The second-order valence-corrected chi connectivity index (χ2v) is 9.44. The predicted molar refractivity (Wildman–Crippen MR) is 130 cm³/mol. The molecule has 0 unspecified atom stereocenters. The largest absolute Gasteiger partial charge is 0.496 e. The lowest BCUT2D eigenvalue weighted by molar-refractivity contribution is -0.119. The summed E-state index contributed by atoms with van der Waals surface area (Å²) < 4.78 is 33.4. The van der Waals surface area contributed by atoms with Crippen molar-refractivity contribution in [3.8, 4) is 5.75 Å². The molecule has 3 rings (SSSR count). The molecule has 3 aromatic rings. The maximum absolute atomic E-state index is 13.5. The fourth-order valence-corrected chi connectivity index (χ4v) is 4.73. The summed E-state index contributed by atoms with van der Waals surface area (Å²) in [5.41, 5.74) is 6.18. The van der Waals surface area contributed by atoms with Gasteiger partial charge >= 0.3 is 0 Å². The minimum atomic E-state index is -3.99. The van der Waals surface area contributed by atoms with Gasteiger partial charge in [0.25, 0.3) is 15.9 Å². The standard InChI is InChI=1S/C25H27N3O4S/c1-18-12-14-22(15-13-18)33(30,31)28(23-10-7-8-19(2)20(23)3)17-25(29)27-26-16-21-9-5-6-11-24(21)32-4/h5-16H,17H2,1-4H3,(H,27,29)/b26-16-. The number of carbonyl (C=O) groups excluding carboxylic acids is 1. The van der Waals surface area contributed by atoms with Gasteiger partial charge in [0.2, 0.25) is 0 Å². The third kappa shape index (κ3) is 5.59. The minimum absolute atomic E-state index is 0.110. The number of nitrogens with one attached hydrogen (secondary N) is 1. The van der Waals surface area contributed by atoms with Gasteiger partial charge in [-0.15, -0.1) is 0 Å². The van der Waals surface area contributed by atoms with Crippen LogP contribution < -0.4 is 14.5 Å². The van der Waals surface area contributed by atoms with E-state index in [1.54, 1.807) is 55.6 Å². The summed E-state index contributed by atoms with van der Waals surface area (Å²) in [6.07, 6.45) is 1.45. The Morgan fingerprint density at radius 1 is 1.00 bits per heavy atom. The van der Waals surface area contributed by atoms with Gasteiger partial charge < -0.3 is 4.74 Å². The molecular formula is C25H27N3O4S. The molecule has 7 nitrogen and oxygen atoms in total. The molecule has 0 aliphatic rings. The number of aryl methyl sites for hydroxylation is 2. The van der Waals surface area contributed by atoms with Gasteiger partial charge in [-0.05, 0) is 62.2 Å². The molecule has 0 aliphatic heterocycles. The molecule has 172 valence electrons. The number of hydrazone groups is 1. The molecule has 0 saturated carbocycles. The lowest BCUT2D eigenvalue weighted by Crippen LogP contribution is -2.40. The second-order valence-electron chi connectivity index (χ2n) is 7.58. The van der Waals surface area contributed by atoms with Crippen molar-refractivity contribution in [1.82, 2.24) is 5.43 Å². The second kappa shape index (κ2) is 10.3. The first kappa shape index (κ1) is 24.0. The number of para-hydroxylation sites is 1. The average molecular weight is 466 g/mol. The van der Waals surface area contributed by atoms with Crippen LogP contribution in [0, 0.1) is 20.8 Å². The highest BCUT2D eigenvalue weighted by Crippen LogP contribution is 2.28. The molecule has 0 atom stereocenters. The van der Waals surface area contributed by atoms with E-state index in [1.165, 1.54) is 6.21 Å². The molecule has 0 saturated heterocycles. The van der Waals surface area contributed by atoms with Crippen LogP contribution in [0.4, 0.5) is 5.69 Å². The Hall–Kier alpha value is -3.65. The number of sulfonamides is 1. The van der Waals surface area contributed by atoms with E-state index >= 15 is 0 Å². The van der Waals surface area contributed by atoms with E-state index in [1.807, 2.05) is 39.0 Å². The van der Waals surface area contributed by atoms with Crippen molar-refractivity contribution in [2.45, 2.75) is 25.7 Å². The van der Waals surface area contributed by atoms with Crippen molar-refractivity contribution in [3.05, 3.63) is 89.0 Å². The lowest BCUT2D eigenvalue weighted by atomic mass is 10.1. The van der Waals surface area contributed by atoms with Gasteiger partial charge in [0.05, 0.1) is 23.9 Å². The van der Waals surface area contributed by atoms with E-state index in [4.69, 9.17) is 4.74 Å². The SMILES string of the molecule is COc1ccccc1/C=N\NC(=O)CN(c1cccc(C)c1C)S(=O)(=O)c1ccc(C)cc1. The van der Waals surface area contributed by atoms with Crippen molar-refractivity contribution in [2.75, 3.05) is 18.0 Å². The molecule has 0 aromatic heterocycles. The summed E-state index contributed by atoms with van der Waals surface area (Å²) in [4.78, 5) is 12.8. The zero-order valence-corrected chi connectivity index (χ0v) is 19.9. The van der Waals surface area contributed by atoms with Crippen molar-refractivity contribution in [2.24, 2.45) is 5.10 Å². The molecule has 0 fully saturated rings. The number of carbonyl (C=O) groups is 1. The number of methoxy groups -OCH3 is 1. The molecule has 0 bridgehead atoms. The van der Waals surface area contributed by atoms with Crippen molar-refractivity contribution in [3.63, 3.8) is 0 Å². The molecule has 0 heterocycles. The molecule has 0 aliphatic carbocycles. The van der Waals surface area contributed by atoms with Crippen molar-refractivity contribution >= 4 is 27.8 Å². The number of hydrogen-bond donors (Lipinski definition) is 1. The maximum atomic E-state index is 13.5. The van der Waals surface area contributed by atoms with Crippen molar-refractivity contribution in [1.29, 1.82) is 0 Å². The molecular weight excluding hydrogens is 438 g/mol. The minimum Gasteiger partial charge on any atom is -0.496 e. The fraction of sp³-hybridized carbons (Fsp3) is 0.200. The Balaban J connectivity index is 1.90. The normalized spacial score (nSPS) is 11.4. The van der Waals surface area contributed by atoms with Crippen LogP contribution in [0.2, 0.25) is 0 Å². The number of nitrogens with zero attached hydrogens (tertiary/aromatic N) is 2. The highest BCUT2D eigenvalue weighted by atomic mass is 32.2. The quantitative estimate of drug-likeness (QED) is 0.403. The number of anilines is 1. The number of amides is 1. The van der Waals surface area contributed by atoms with Gasteiger partial charge in [-0.1, -0.05) is 42.0 Å². The molecule has 3 aromatic carbocycles. The van der Waals surface area contributed by atoms with Gasteiger partial charge in [0, 0.05) is 5.56 Å². The Labute approximate surface area is 194 Å². The van der Waals surface area contributed by atoms with Crippen LogP contribution in [-0.2, 0) is 14.8 Å². The first-order chi connectivity index (χ1) is 15.7. The van der Waals surface area contributed by atoms with Gasteiger partial charge in [-0.3, -0.25) is 9.10 Å². The van der Waals surface area contributed by atoms with E-state index in [0.717, 1.165) is 21.0 Å². The van der Waals surface area contributed by atoms with Crippen LogP contribution in [0.15, 0.2) is 76.7 Å². The van der Waals surface area contributed by atoms with Crippen LogP contribution in [0.3, 0.4) is 0 Å². The first-order valence-corrected chi connectivity index (χ1v) is 11.8. The fourth-order valence-electron chi connectivity index (χ4n) is 3.26. The third-order valence-electron chi connectivity index (χ3n) is 5.27. The summed E-state index contributed by atoms with van der Waals surface area (Å²) >= 11 is 0. The Morgan fingerprint density at radius 3 is 2.39 bits per heavy atom. The van der Waals surface area contributed by atoms with Crippen LogP contribution >= 0.6 is 0 Å². The number of ether oxygens (including phenoxy) is 1. The van der Waals surface area contributed by atoms with Gasteiger partial charge in [-0.25, -0.2) is 13.8 Å². The maximum Gasteiger partial charge on any atom is 0.264 e. The lowest BCUT2D eigenvalue weighted by Gasteiger charge is -2.26. The highest BCUT2D eigenvalue weighted by Gasteiger charge is 2.28. The van der Waals surface area contributed by atoms with E-state index in [-0.39, 0.29) is 4.90 Å². The highest BCUT2D eigenvalue weighted by molar-refractivity contribution is 7.92. The van der Waals surface area contributed by atoms with Gasteiger partial charge in [0.1, 0.15) is 12.3 Å². The topological polar surface area (TPSA) is 88.1 Å². The van der Waals surface area contributed by atoms with Gasteiger partial charge in [0.15, 0.2) is 0 Å². The van der Waals surface area contributed by atoms with Crippen LogP contribution in [-0.4, -0.2) is 34.2 Å². The van der Waals surface area contributed by atoms with E-state index < -0.39 is 22.5 Å². The zero-order valence-electron chi connectivity index (χ0n) is 19.1. The summed E-state index contributed by atoms with van der Waals surface area (Å²) in [5.74, 6) is 0.0344. The average Bonchev–Trinajstić information content (AvgIpc) is 2.80. The van der Waals surface area contributed by atoms with Gasteiger partial charge in [-0.2, -0.15) is 5.10 Å². The molecule has 0 radical (unpaired) electrons. The Kier molecular flexibility index (Phi) is 7.50. The van der Waals surface area contributed by atoms with Crippen LogP contribution in [0.25, 0.3) is 0 Å². The van der Waals surface area contributed by atoms with Crippen molar-refractivity contribution < 1.29 is 17.9 Å². The summed E-state index contributed by atoms with van der Waals surface area (Å²) in [6.45, 7) is 5.18. The summed E-state index contributed by atoms with van der Waals surface area (Å²) in [7, 11) is -2.45. The number of rotatable bonds is 8. The smallest absolute Gasteiger partial charge is 0.264 e. The van der Waals surface area contributed by atoms with Crippen LogP contribution in [0.5, 0.6) is 5.75 Å². The third-order valence-corrected chi connectivity index (χ3v) is 7.05. The molecule has 0 spiro atoms. The molecule has 33 heavy (non-hydrogen) atoms. The summed E-state index contributed by atoms with van der Waals surface area (Å²) in [5, 5.41) is 3.98. The van der Waals surface area contributed by atoms with Crippen LogP contribution in [0.1, 0.15) is 22.3 Å². The molecule has 8 heteroatoms. The van der Waals surface area contributed by atoms with E-state index in [9.17, 15) is 13.2 Å². The zero-order chi connectivity index (χ0) is 24.0. The number of hydrogen-bond acceptors (Lipinski definition) is 5. The van der Waals surface area contributed by atoms with E-state index in [0.29, 0.717) is 17.0 Å². The molecule has 1 N–H and O–H groups in total.